The summed E-state index contributed by atoms with van der Waals surface area (Å²) in [5.74, 6) is 0. The molecule has 0 saturated carbocycles. The highest BCUT2D eigenvalue weighted by molar-refractivity contribution is 14.1. The molecule has 90 valence electrons. The molecule has 1 atom stereocenters. The van der Waals surface area contributed by atoms with Crippen LogP contribution in [0.15, 0.2) is 30.5 Å². The second-order valence-corrected chi connectivity index (χ2v) is 5.56. The Morgan fingerprint density at radius 2 is 2.24 bits per heavy atom. The third kappa shape index (κ3) is 3.20. The van der Waals surface area contributed by atoms with Gasteiger partial charge in [-0.15, -0.1) is 0 Å². The second kappa shape index (κ2) is 5.37. The van der Waals surface area contributed by atoms with Gasteiger partial charge in [-0.3, -0.25) is 4.68 Å². The lowest BCUT2D eigenvalue weighted by atomic mass is 10.0. The Kier molecular flexibility index (Phi) is 4.06. The monoisotopic (exact) mass is 361 g/mol. The number of nitrogens with two attached hydrogens (primary N) is 1. The first kappa shape index (κ1) is 12.9. The number of hydrogen-bond acceptors (Lipinski definition) is 2. The number of aryl methyl sites for hydroxylation is 1. The molecule has 1 aromatic heterocycles. The summed E-state index contributed by atoms with van der Waals surface area (Å²) < 4.78 is 2.92. The van der Waals surface area contributed by atoms with Gasteiger partial charge in [0.2, 0.25) is 0 Å². The molecule has 0 radical (unpaired) electrons. The lowest BCUT2D eigenvalue weighted by molar-refractivity contribution is 0.673. The predicted octanol–water partition coefficient (Wildman–Crippen LogP) is 2.92. The number of halogens is 2. The van der Waals surface area contributed by atoms with Crippen LogP contribution in [-0.2, 0) is 13.5 Å². The van der Waals surface area contributed by atoms with Crippen molar-refractivity contribution < 1.29 is 0 Å². The van der Waals surface area contributed by atoms with Gasteiger partial charge in [0.1, 0.15) is 0 Å². The van der Waals surface area contributed by atoms with Crippen LogP contribution in [0.3, 0.4) is 0 Å². The van der Waals surface area contributed by atoms with E-state index in [2.05, 4.69) is 27.7 Å². The fourth-order valence-corrected chi connectivity index (χ4v) is 2.62. The van der Waals surface area contributed by atoms with E-state index in [9.17, 15) is 0 Å². The molecular formula is C12H13ClIN3. The predicted molar refractivity (Wildman–Crippen MR) is 78.0 cm³/mol. The number of rotatable bonds is 3. The van der Waals surface area contributed by atoms with E-state index in [1.165, 1.54) is 0 Å². The molecule has 5 heteroatoms. The number of nitrogens with zero attached hydrogens (tertiary/aromatic N) is 2. The highest BCUT2D eigenvalue weighted by Crippen LogP contribution is 2.24. The lowest BCUT2D eigenvalue weighted by Crippen LogP contribution is -2.15. The minimum absolute atomic E-state index is 0.0736. The van der Waals surface area contributed by atoms with Crippen molar-refractivity contribution in [2.24, 2.45) is 12.8 Å². The van der Waals surface area contributed by atoms with E-state index in [1.54, 1.807) is 4.68 Å². The normalized spacial score (nSPS) is 12.7. The van der Waals surface area contributed by atoms with Crippen molar-refractivity contribution in [1.82, 2.24) is 9.78 Å². The Morgan fingerprint density at radius 3 is 2.88 bits per heavy atom. The van der Waals surface area contributed by atoms with Gasteiger partial charge in [-0.25, -0.2) is 0 Å². The maximum absolute atomic E-state index is 6.19. The van der Waals surface area contributed by atoms with Gasteiger partial charge in [0.05, 0.1) is 5.69 Å². The molecule has 0 bridgehead atoms. The first-order chi connectivity index (χ1) is 8.06. The molecule has 0 spiro atoms. The summed E-state index contributed by atoms with van der Waals surface area (Å²) in [5.41, 5.74) is 8.26. The van der Waals surface area contributed by atoms with Crippen LogP contribution in [-0.4, -0.2) is 9.78 Å². The van der Waals surface area contributed by atoms with E-state index in [0.717, 1.165) is 26.3 Å². The second-order valence-electron chi connectivity index (χ2n) is 3.96. The van der Waals surface area contributed by atoms with E-state index in [4.69, 9.17) is 17.3 Å². The third-order valence-corrected chi connectivity index (χ3v) is 3.77. The first-order valence-corrected chi connectivity index (χ1v) is 6.71. The molecule has 0 amide bonds. The minimum atomic E-state index is -0.0736. The molecule has 2 aromatic rings. The molecule has 0 aliphatic rings. The van der Waals surface area contributed by atoms with Gasteiger partial charge < -0.3 is 5.73 Å². The van der Waals surface area contributed by atoms with Crippen LogP contribution >= 0.6 is 34.2 Å². The molecular weight excluding hydrogens is 349 g/mol. The fourth-order valence-electron chi connectivity index (χ4n) is 1.71. The van der Waals surface area contributed by atoms with Crippen LogP contribution in [0.2, 0.25) is 5.02 Å². The van der Waals surface area contributed by atoms with Crippen molar-refractivity contribution in [2.75, 3.05) is 0 Å². The summed E-state index contributed by atoms with van der Waals surface area (Å²) in [7, 11) is 1.90. The van der Waals surface area contributed by atoms with Gasteiger partial charge in [-0.05, 0) is 52.4 Å². The molecule has 1 aromatic carbocycles. The van der Waals surface area contributed by atoms with E-state index < -0.39 is 0 Å². The zero-order valence-electron chi connectivity index (χ0n) is 9.40. The molecule has 2 N–H and O–H groups in total. The molecule has 1 heterocycles. The Bertz CT molecular complexity index is 524. The van der Waals surface area contributed by atoms with Gasteiger partial charge in [-0.1, -0.05) is 11.6 Å². The highest BCUT2D eigenvalue weighted by Gasteiger charge is 2.12. The van der Waals surface area contributed by atoms with Crippen molar-refractivity contribution in [3.63, 3.8) is 0 Å². The van der Waals surface area contributed by atoms with Crippen molar-refractivity contribution in [3.05, 3.63) is 50.3 Å². The van der Waals surface area contributed by atoms with E-state index in [1.807, 2.05) is 37.5 Å². The maximum Gasteiger partial charge on any atom is 0.0643 e. The SMILES string of the molecule is Cn1ccc(CC(N)c2cc(Cl)ccc2I)n1. The van der Waals surface area contributed by atoms with Crippen LogP contribution < -0.4 is 5.73 Å². The van der Waals surface area contributed by atoms with E-state index in [0.29, 0.717) is 0 Å². The summed E-state index contributed by atoms with van der Waals surface area (Å²) in [6.07, 6.45) is 2.64. The molecule has 0 aliphatic heterocycles. The van der Waals surface area contributed by atoms with Gasteiger partial charge in [0.25, 0.3) is 0 Å². The Balaban J connectivity index is 2.19. The van der Waals surface area contributed by atoms with E-state index in [-0.39, 0.29) is 6.04 Å². The number of hydrogen-bond donors (Lipinski definition) is 1. The van der Waals surface area contributed by atoms with Crippen molar-refractivity contribution in [1.29, 1.82) is 0 Å². The maximum atomic E-state index is 6.19. The number of aromatic nitrogens is 2. The molecule has 3 nitrogen and oxygen atoms in total. The Hall–Kier alpha value is -0.590. The smallest absolute Gasteiger partial charge is 0.0643 e. The fraction of sp³-hybridized carbons (Fsp3) is 0.250. The van der Waals surface area contributed by atoms with Crippen LogP contribution in [0.5, 0.6) is 0 Å². The van der Waals surface area contributed by atoms with Crippen molar-refractivity contribution in [2.45, 2.75) is 12.5 Å². The van der Waals surface area contributed by atoms with Crippen molar-refractivity contribution >= 4 is 34.2 Å². The van der Waals surface area contributed by atoms with Gasteiger partial charge in [-0.2, -0.15) is 5.10 Å². The van der Waals surface area contributed by atoms with Gasteiger partial charge >= 0.3 is 0 Å². The van der Waals surface area contributed by atoms with Crippen LogP contribution in [0.25, 0.3) is 0 Å². The number of benzene rings is 1. The summed E-state index contributed by atoms with van der Waals surface area (Å²) in [5, 5.41) is 5.05. The quantitative estimate of drug-likeness (QED) is 0.854. The van der Waals surface area contributed by atoms with E-state index >= 15 is 0 Å². The average molecular weight is 362 g/mol. The molecule has 0 saturated heterocycles. The molecule has 2 rings (SSSR count). The third-order valence-electron chi connectivity index (χ3n) is 2.56. The van der Waals surface area contributed by atoms with Gasteiger partial charge in [0, 0.05) is 34.3 Å². The first-order valence-electron chi connectivity index (χ1n) is 5.25. The summed E-state index contributed by atoms with van der Waals surface area (Å²) >= 11 is 8.27. The summed E-state index contributed by atoms with van der Waals surface area (Å²) in [6.45, 7) is 0. The molecule has 17 heavy (non-hydrogen) atoms. The molecule has 0 aliphatic carbocycles. The summed E-state index contributed by atoms with van der Waals surface area (Å²) in [4.78, 5) is 0. The zero-order chi connectivity index (χ0) is 12.4. The van der Waals surface area contributed by atoms with Crippen LogP contribution in [0.4, 0.5) is 0 Å². The minimum Gasteiger partial charge on any atom is -0.324 e. The zero-order valence-corrected chi connectivity index (χ0v) is 12.3. The van der Waals surface area contributed by atoms with Gasteiger partial charge in [0.15, 0.2) is 0 Å². The summed E-state index contributed by atoms with van der Waals surface area (Å²) in [6, 6.07) is 7.70. The largest absolute Gasteiger partial charge is 0.324 e. The molecule has 1 unspecified atom stereocenters. The highest BCUT2D eigenvalue weighted by atomic mass is 127. The van der Waals surface area contributed by atoms with Crippen LogP contribution in [0, 0.1) is 3.57 Å². The standard InChI is InChI=1S/C12H13ClIN3/c1-17-5-4-9(16-17)7-12(15)10-6-8(13)2-3-11(10)14/h2-6,12H,7,15H2,1H3. The average Bonchev–Trinajstić information content (AvgIpc) is 2.67. The lowest BCUT2D eigenvalue weighted by Gasteiger charge is -2.13. The van der Waals surface area contributed by atoms with Crippen LogP contribution in [0.1, 0.15) is 17.3 Å². The Labute approximate surface area is 119 Å². The topological polar surface area (TPSA) is 43.8 Å². The molecule has 0 fully saturated rings. The van der Waals surface area contributed by atoms with Crippen molar-refractivity contribution in [3.8, 4) is 0 Å². The Morgan fingerprint density at radius 1 is 1.47 bits per heavy atom.